The first-order valence-electron chi connectivity index (χ1n) is 12.4. The Labute approximate surface area is 257 Å². The third kappa shape index (κ3) is 7.17. The molecular formula is C27H20Cl2FN9O3S. The van der Waals surface area contributed by atoms with Crippen LogP contribution in [0.25, 0.3) is 22.9 Å². The summed E-state index contributed by atoms with van der Waals surface area (Å²) in [6, 6.07) is 10.4. The van der Waals surface area contributed by atoms with Crippen molar-refractivity contribution in [3.8, 4) is 16.8 Å². The van der Waals surface area contributed by atoms with Gasteiger partial charge in [-0.15, -0.1) is 21.5 Å². The molecule has 0 fully saturated rings. The molecular weight excluding hydrogens is 620 g/mol. The second kappa shape index (κ2) is 13.0. The summed E-state index contributed by atoms with van der Waals surface area (Å²) in [6.07, 6.45) is 2.84. The van der Waals surface area contributed by atoms with Gasteiger partial charge in [0.05, 0.1) is 27.5 Å². The highest BCUT2D eigenvalue weighted by Gasteiger charge is 2.21. The van der Waals surface area contributed by atoms with Crippen LogP contribution in [-0.2, 0) is 11.2 Å². The Morgan fingerprint density at radius 1 is 1.16 bits per heavy atom. The van der Waals surface area contributed by atoms with E-state index in [0.29, 0.717) is 22.5 Å². The maximum Gasteiger partial charge on any atom is 0.409 e. The number of halogens is 3. The summed E-state index contributed by atoms with van der Waals surface area (Å²) >= 11 is 13.8. The van der Waals surface area contributed by atoms with Gasteiger partial charge in [-0.1, -0.05) is 35.3 Å². The van der Waals surface area contributed by atoms with E-state index in [9.17, 15) is 14.0 Å². The molecule has 218 valence electrons. The molecule has 0 spiro atoms. The predicted octanol–water partition coefficient (Wildman–Crippen LogP) is 5.53. The standard InChI is InChI=1S/C27H20Cl2FN9O3S/c1-14-12-43-24(32-14)11-20(21-10-18(26(29)36-35-21)15-2-4-16(5-3-15)33-27(41)42)34-23(40)9-6-17-22(39-13-31-37-38-39)8-7-19(28)25(17)30/h2-10,12-13,20,33H,11H2,1H3,(H,34,40)(H,41,42). The molecule has 0 aliphatic rings. The minimum atomic E-state index is -1.19. The monoisotopic (exact) mass is 639 g/mol. The van der Waals surface area contributed by atoms with Crippen LogP contribution >= 0.6 is 34.5 Å². The van der Waals surface area contributed by atoms with Gasteiger partial charge in [0.25, 0.3) is 0 Å². The molecule has 43 heavy (non-hydrogen) atoms. The number of carbonyl (C=O) groups excluding carboxylic acids is 1. The van der Waals surface area contributed by atoms with Crippen molar-refractivity contribution in [3.05, 3.63) is 98.2 Å². The van der Waals surface area contributed by atoms with Crippen molar-refractivity contribution >= 4 is 58.3 Å². The average molecular weight is 640 g/mol. The van der Waals surface area contributed by atoms with E-state index in [1.54, 1.807) is 30.3 Å². The molecule has 0 radical (unpaired) electrons. The third-order valence-electron chi connectivity index (χ3n) is 6.04. The lowest BCUT2D eigenvalue weighted by atomic mass is 10.0. The molecule has 16 heteroatoms. The number of nitrogens with one attached hydrogen (secondary N) is 2. The molecule has 0 saturated carbocycles. The Kier molecular flexibility index (Phi) is 8.99. The molecule has 3 N–H and O–H groups in total. The molecule has 5 rings (SSSR count). The van der Waals surface area contributed by atoms with Gasteiger partial charge in [0.1, 0.15) is 6.33 Å². The summed E-state index contributed by atoms with van der Waals surface area (Å²) < 4.78 is 16.2. The highest BCUT2D eigenvalue weighted by molar-refractivity contribution is 7.09. The number of tetrazole rings is 1. The smallest absolute Gasteiger partial charge is 0.409 e. The van der Waals surface area contributed by atoms with Crippen molar-refractivity contribution in [2.24, 2.45) is 0 Å². The Hall–Kier alpha value is -4.79. The van der Waals surface area contributed by atoms with Crippen molar-refractivity contribution in [2.45, 2.75) is 19.4 Å². The van der Waals surface area contributed by atoms with Crippen LogP contribution in [0.5, 0.6) is 0 Å². The lowest BCUT2D eigenvalue weighted by Gasteiger charge is -2.17. The second-order valence-corrected chi connectivity index (χ2v) is 10.7. The Morgan fingerprint density at radius 3 is 2.63 bits per heavy atom. The number of aromatic nitrogens is 7. The first-order chi connectivity index (χ1) is 20.7. The van der Waals surface area contributed by atoms with E-state index in [1.165, 1.54) is 46.6 Å². The highest BCUT2D eigenvalue weighted by atomic mass is 35.5. The summed E-state index contributed by atoms with van der Waals surface area (Å²) in [5.41, 5.74) is 3.06. The lowest BCUT2D eigenvalue weighted by Crippen LogP contribution is -2.29. The normalized spacial score (nSPS) is 11.9. The van der Waals surface area contributed by atoms with E-state index in [1.807, 2.05) is 12.3 Å². The number of hydrogen-bond acceptors (Lipinski definition) is 9. The topological polar surface area (TPSA) is 161 Å². The van der Waals surface area contributed by atoms with Crippen LogP contribution in [0.4, 0.5) is 14.9 Å². The van der Waals surface area contributed by atoms with Crippen molar-refractivity contribution in [2.75, 3.05) is 5.32 Å². The fraction of sp³-hybridized carbons (Fsp3) is 0.111. The summed E-state index contributed by atoms with van der Waals surface area (Å²) in [7, 11) is 0. The number of benzene rings is 2. The molecule has 12 nitrogen and oxygen atoms in total. The van der Waals surface area contributed by atoms with Crippen LogP contribution in [0.2, 0.25) is 10.2 Å². The zero-order valence-corrected chi connectivity index (χ0v) is 24.4. The predicted molar refractivity (Wildman–Crippen MR) is 159 cm³/mol. The first-order valence-corrected chi connectivity index (χ1v) is 14.1. The molecule has 5 aromatic rings. The van der Waals surface area contributed by atoms with E-state index in [4.69, 9.17) is 28.3 Å². The fourth-order valence-corrected chi connectivity index (χ4v) is 5.27. The van der Waals surface area contributed by atoms with Gasteiger partial charge < -0.3 is 10.4 Å². The molecule has 2 aromatic carbocycles. The van der Waals surface area contributed by atoms with Gasteiger partial charge in [0.15, 0.2) is 11.0 Å². The molecule has 3 heterocycles. The summed E-state index contributed by atoms with van der Waals surface area (Å²) in [5, 5.41) is 36.0. The van der Waals surface area contributed by atoms with Crippen LogP contribution in [0.3, 0.4) is 0 Å². The van der Waals surface area contributed by atoms with Crippen LogP contribution < -0.4 is 10.6 Å². The van der Waals surface area contributed by atoms with E-state index >= 15 is 0 Å². The Bertz CT molecular complexity index is 1820. The van der Waals surface area contributed by atoms with Crippen molar-refractivity contribution in [1.29, 1.82) is 0 Å². The number of thiazole rings is 1. The highest BCUT2D eigenvalue weighted by Crippen LogP contribution is 2.30. The number of carbonyl (C=O) groups is 2. The van der Waals surface area contributed by atoms with Gasteiger partial charge in [0, 0.05) is 40.4 Å². The van der Waals surface area contributed by atoms with Gasteiger partial charge in [0.2, 0.25) is 5.91 Å². The van der Waals surface area contributed by atoms with Gasteiger partial charge in [-0.25, -0.2) is 14.2 Å². The molecule has 2 amide bonds. The van der Waals surface area contributed by atoms with E-state index in [2.05, 4.69) is 41.3 Å². The lowest BCUT2D eigenvalue weighted by molar-refractivity contribution is -0.117. The average Bonchev–Trinajstić information content (AvgIpc) is 3.66. The number of nitrogens with zero attached hydrogens (tertiary/aromatic N) is 7. The van der Waals surface area contributed by atoms with Crippen LogP contribution in [-0.4, -0.2) is 52.5 Å². The first kappa shape index (κ1) is 29.7. The van der Waals surface area contributed by atoms with Crippen LogP contribution in [0.15, 0.2) is 60.2 Å². The zero-order valence-electron chi connectivity index (χ0n) is 22.1. The number of aryl methyl sites for hydroxylation is 1. The SMILES string of the molecule is Cc1csc(CC(NC(=O)C=Cc2c(-n3cnnn3)ccc(Cl)c2F)c2cc(-c3ccc(NC(=O)O)cc3)c(Cl)nn2)n1. The van der Waals surface area contributed by atoms with Crippen molar-refractivity contribution < 1.29 is 19.1 Å². The summed E-state index contributed by atoms with van der Waals surface area (Å²) in [5.74, 6) is -1.30. The number of hydrogen-bond donors (Lipinski definition) is 3. The van der Waals surface area contributed by atoms with Crippen molar-refractivity contribution in [1.82, 2.24) is 40.7 Å². The largest absolute Gasteiger partial charge is 0.465 e. The summed E-state index contributed by atoms with van der Waals surface area (Å²) in [4.78, 5) is 28.6. The van der Waals surface area contributed by atoms with E-state index in [-0.39, 0.29) is 27.8 Å². The van der Waals surface area contributed by atoms with Gasteiger partial charge in [-0.2, -0.15) is 9.78 Å². The summed E-state index contributed by atoms with van der Waals surface area (Å²) in [6.45, 7) is 1.86. The second-order valence-electron chi connectivity index (χ2n) is 9.01. The molecule has 0 aliphatic heterocycles. The zero-order chi connectivity index (χ0) is 30.5. The number of carboxylic acid groups (broad SMARTS) is 1. The Balaban J connectivity index is 1.45. The quantitative estimate of drug-likeness (QED) is 0.176. The maximum atomic E-state index is 15.0. The molecule has 0 aliphatic carbocycles. The van der Waals surface area contributed by atoms with Gasteiger partial charge in [-0.05, 0) is 59.3 Å². The minimum Gasteiger partial charge on any atom is -0.465 e. The number of amides is 2. The maximum absolute atomic E-state index is 15.0. The molecule has 1 atom stereocenters. The minimum absolute atomic E-state index is 0.0106. The molecule has 1 unspecified atom stereocenters. The number of anilines is 1. The molecule has 3 aromatic heterocycles. The molecule has 0 bridgehead atoms. The Morgan fingerprint density at radius 2 is 1.95 bits per heavy atom. The number of rotatable bonds is 9. The van der Waals surface area contributed by atoms with Crippen molar-refractivity contribution in [3.63, 3.8) is 0 Å². The van der Waals surface area contributed by atoms with Crippen LogP contribution in [0, 0.1) is 12.7 Å². The van der Waals surface area contributed by atoms with E-state index < -0.39 is 23.9 Å². The van der Waals surface area contributed by atoms with Crippen LogP contribution in [0.1, 0.15) is 28.0 Å². The third-order valence-corrected chi connectivity index (χ3v) is 7.60. The fourth-order valence-electron chi connectivity index (χ4n) is 4.09. The molecule has 0 saturated heterocycles. The van der Waals surface area contributed by atoms with E-state index in [0.717, 1.165) is 10.7 Å². The van der Waals surface area contributed by atoms with Gasteiger partial charge in [-0.3, -0.25) is 10.1 Å². The van der Waals surface area contributed by atoms with Gasteiger partial charge >= 0.3 is 6.09 Å².